The van der Waals surface area contributed by atoms with E-state index >= 15 is 0 Å². The second kappa shape index (κ2) is 6.70. The van der Waals surface area contributed by atoms with Gasteiger partial charge in [0, 0.05) is 11.6 Å². The molecule has 0 spiro atoms. The van der Waals surface area contributed by atoms with Crippen molar-refractivity contribution in [3.63, 3.8) is 0 Å². The molecule has 0 radical (unpaired) electrons. The number of nitrogens with zero attached hydrogens (tertiary/aromatic N) is 1. The van der Waals surface area contributed by atoms with E-state index in [-0.39, 0.29) is 22.1 Å². The maximum Gasteiger partial charge on any atom is 0.276 e. The van der Waals surface area contributed by atoms with Crippen molar-refractivity contribution >= 4 is 15.7 Å². The Morgan fingerprint density at radius 2 is 1.78 bits per heavy atom. The van der Waals surface area contributed by atoms with Crippen molar-refractivity contribution < 1.29 is 18.6 Å². The molecule has 3 N–H and O–H groups in total. The summed E-state index contributed by atoms with van der Waals surface area (Å²) in [5, 5.41) is 22.8. The molecule has 2 rings (SSSR count). The molecule has 0 aliphatic carbocycles. The van der Waals surface area contributed by atoms with Gasteiger partial charge in [-0.05, 0) is 43.2 Å². The van der Waals surface area contributed by atoms with E-state index in [0.29, 0.717) is 5.56 Å². The van der Waals surface area contributed by atoms with Crippen LogP contribution in [0.2, 0.25) is 0 Å². The van der Waals surface area contributed by atoms with Crippen molar-refractivity contribution in [3.8, 4) is 11.5 Å². The quantitative estimate of drug-likeness (QED) is 0.577. The van der Waals surface area contributed by atoms with E-state index in [9.17, 15) is 18.6 Å². The first-order valence-electron chi connectivity index (χ1n) is 7.01. The lowest BCUT2D eigenvalue weighted by molar-refractivity contribution is 0.450. The van der Waals surface area contributed by atoms with Crippen LogP contribution in [0.1, 0.15) is 25.0 Å². The van der Waals surface area contributed by atoms with Gasteiger partial charge in [0.1, 0.15) is 11.5 Å². The maximum atomic E-state index is 12.2. The largest absolute Gasteiger partial charge is 0.508 e. The number of aromatic hydroxyl groups is 2. The van der Waals surface area contributed by atoms with Gasteiger partial charge in [-0.2, -0.15) is 18.4 Å². The molecular formula is C16H18N2O4S. The normalized spacial score (nSPS) is 12.2. The summed E-state index contributed by atoms with van der Waals surface area (Å²) in [5.41, 5.74) is 1.64. The Kier molecular flexibility index (Phi) is 4.90. The highest BCUT2D eigenvalue weighted by atomic mass is 32.2. The zero-order chi connectivity index (χ0) is 17.0. The van der Waals surface area contributed by atoms with Crippen LogP contribution in [0.3, 0.4) is 0 Å². The smallest absolute Gasteiger partial charge is 0.276 e. The first kappa shape index (κ1) is 16.8. The number of benzene rings is 2. The van der Waals surface area contributed by atoms with E-state index in [1.54, 1.807) is 19.1 Å². The topological polar surface area (TPSA) is 99.0 Å². The zero-order valence-corrected chi connectivity index (χ0v) is 13.6. The summed E-state index contributed by atoms with van der Waals surface area (Å²) >= 11 is 0. The van der Waals surface area contributed by atoms with Crippen molar-refractivity contribution in [2.24, 2.45) is 5.10 Å². The summed E-state index contributed by atoms with van der Waals surface area (Å²) < 4.78 is 24.4. The Hall–Kier alpha value is -2.54. The summed E-state index contributed by atoms with van der Waals surface area (Å²) in [7, 11) is -3.78. The third kappa shape index (κ3) is 4.01. The summed E-state index contributed by atoms with van der Waals surface area (Å²) in [5.74, 6) is -0.270. The lowest BCUT2D eigenvalue weighted by Crippen LogP contribution is -2.20. The molecule has 23 heavy (non-hydrogen) atoms. The Balaban J connectivity index is 2.22. The Morgan fingerprint density at radius 1 is 1.13 bits per heavy atom. The second-order valence-electron chi connectivity index (χ2n) is 4.99. The van der Waals surface area contributed by atoms with E-state index in [2.05, 4.69) is 9.93 Å². The summed E-state index contributed by atoms with van der Waals surface area (Å²) in [6.45, 7) is 3.54. The van der Waals surface area contributed by atoms with E-state index in [1.807, 2.05) is 6.92 Å². The number of sulfonamides is 1. The predicted octanol–water partition coefficient (Wildman–Crippen LogP) is 2.36. The van der Waals surface area contributed by atoms with Crippen LogP contribution in [0.4, 0.5) is 0 Å². The van der Waals surface area contributed by atoms with Gasteiger partial charge in [0.25, 0.3) is 10.0 Å². The van der Waals surface area contributed by atoms with Crippen molar-refractivity contribution in [3.05, 3.63) is 53.6 Å². The van der Waals surface area contributed by atoms with Crippen LogP contribution in [0.25, 0.3) is 0 Å². The number of hydrogen-bond donors (Lipinski definition) is 3. The highest BCUT2D eigenvalue weighted by Crippen LogP contribution is 2.23. The first-order valence-corrected chi connectivity index (χ1v) is 8.49. The van der Waals surface area contributed by atoms with Gasteiger partial charge in [0.15, 0.2) is 0 Å². The van der Waals surface area contributed by atoms with Crippen LogP contribution in [-0.2, 0) is 16.4 Å². The van der Waals surface area contributed by atoms with Crippen LogP contribution in [0.5, 0.6) is 11.5 Å². The minimum Gasteiger partial charge on any atom is -0.508 e. The Labute approximate surface area is 135 Å². The number of phenolic OH excluding ortho intramolecular Hbond substituents is 2. The van der Waals surface area contributed by atoms with Crippen molar-refractivity contribution in [2.75, 3.05) is 0 Å². The number of hydrazone groups is 1. The SMILES string of the molecule is CCc1ccc(S(=O)(=O)NN=C(C)c2ccc(O)cc2O)cc1. The van der Waals surface area contributed by atoms with Crippen molar-refractivity contribution in [2.45, 2.75) is 25.2 Å². The van der Waals surface area contributed by atoms with E-state index < -0.39 is 10.0 Å². The van der Waals surface area contributed by atoms with Crippen LogP contribution >= 0.6 is 0 Å². The molecule has 2 aromatic carbocycles. The van der Waals surface area contributed by atoms with E-state index in [4.69, 9.17) is 0 Å². The molecule has 0 amide bonds. The minimum atomic E-state index is -3.78. The van der Waals surface area contributed by atoms with Gasteiger partial charge in [-0.1, -0.05) is 19.1 Å². The molecule has 7 heteroatoms. The Morgan fingerprint density at radius 3 is 2.35 bits per heavy atom. The number of aryl methyl sites for hydroxylation is 1. The molecule has 0 bridgehead atoms. The Bertz CT molecular complexity index is 828. The molecule has 0 atom stereocenters. The molecule has 0 fully saturated rings. The van der Waals surface area contributed by atoms with Gasteiger partial charge in [-0.15, -0.1) is 0 Å². The molecule has 0 heterocycles. The fraction of sp³-hybridized carbons (Fsp3) is 0.188. The second-order valence-corrected chi connectivity index (χ2v) is 6.65. The molecule has 0 unspecified atom stereocenters. The van der Waals surface area contributed by atoms with Gasteiger partial charge >= 0.3 is 0 Å². The fourth-order valence-electron chi connectivity index (χ4n) is 1.97. The molecule has 0 saturated carbocycles. The average molecular weight is 334 g/mol. The van der Waals surface area contributed by atoms with Crippen molar-refractivity contribution in [1.82, 2.24) is 4.83 Å². The monoisotopic (exact) mass is 334 g/mol. The fourth-order valence-corrected chi connectivity index (χ4v) is 2.83. The lowest BCUT2D eigenvalue weighted by Gasteiger charge is -2.07. The highest BCUT2D eigenvalue weighted by Gasteiger charge is 2.13. The summed E-state index contributed by atoms with van der Waals surface area (Å²) in [4.78, 5) is 2.25. The number of hydrogen-bond acceptors (Lipinski definition) is 5. The van der Waals surface area contributed by atoms with Crippen LogP contribution in [0.15, 0.2) is 52.5 Å². The van der Waals surface area contributed by atoms with Crippen LogP contribution in [-0.4, -0.2) is 24.3 Å². The van der Waals surface area contributed by atoms with Crippen LogP contribution < -0.4 is 4.83 Å². The standard InChI is InChI=1S/C16H18N2O4S/c1-3-12-4-7-14(8-5-12)23(21,22)18-17-11(2)15-9-6-13(19)10-16(15)20/h4-10,18-20H,3H2,1-2H3. The van der Waals surface area contributed by atoms with Gasteiger partial charge in [-0.25, -0.2) is 0 Å². The van der Waals surface area contributed by atoms with Gasteiger partial charge < -0.3 is 10.2 Å². The zero-order valence-electron chi connectivity index (χ0n) is 12.8. The molecule has 2 aromatic rings. The van der Waals surface area contributed by atoms with Crippen molar-refractivity contribution in [1.29, 1.82) is 0 Å². The highest BCUT2D eigenvalue weighted by molar-refractivity contribution is 7.89. The predicted molar refractivity (Wildman–Crippen MR) is 88.1 cm³/mol. The minimum absolute atomic E-state index is 0.0874. The number of nitrogens with one attached hydrogen (secondary N) is 1. The van der Waals surface area contributed by atoms with Gasteiger partial charge in [0.05, 0.1) is 10.6 Å². The molecule has 0 aliphatic rings. The molecule has 0 saturated heterocycles. The molecule has 122 valence electrons. The molecule has 6 nitrogen and oxygen atoms in total. The average Bonchev–Trinajstić information content (AvgIpc) is 2.53. The van der Waals surface area contributed by atoms with Gasteiger partial charge in [-0.3, -0.25) is 0 Å². The maximum absolute atomic E-state index is 12.2. The molecule has 0 aromatic heterocycles. The number of phenols is 2. The summed E-state index contributed by atoms with van der Waals surface area (Å²) in [6, 6.07) is 10.5. The summed E-state index contributed by atoms with van der Waals surface area (Å²) in [6.07, 6.45) is 0.825. The molecular weight excluding hydrogens is 316 g/mol. The third-order valence-corrected chi connectivity index (χ3v) is 4.57. The van der Waals surface area contributed by atoms with Gasteiger partial charge in [0.2, 0.25) is 0 Å². The lowest BCUT2D eigenvalue weighted by atomic mass is 10.1. The first-order chi connectivity index (χ1) is 10.8. The van der Waals surface area contributed by atoms with E-state index in [1.165, 1.54) is 24.3 Å². The van der Waals surface area contributed by atoms with E-state index in [0.717, 1.165) is 18.1 Å². The van der Waals surface area contributed by atoms with Crippen LogP contribution in [0, 0.1) is 0 Å². The molecule has 0 aliphatic heterocycles. The third-order valence-electron chi connectivity index (χ3n) is 3.35. The number of rotatable bonds is 5.